The standard InChI is InChI=1S/C25H27N3O3S/c1-5-25(27-18-13-12-16(23(29)30)15-21(18)32-25)28-19-10-8-14-26-22(19)31-20-11-7-6-9-17(20)24(2,3)4/h6-15,27-28H,5H2,1-4H3,(H,29,30). The number of carboxylic acid groups (broad SMARTS) is 1. The summed E-state index contributed by atoms with van der Waals surface area (Å²) in [6, 6.07) is 16.9. The zero-order valence-electron chi connectivity index (χ0n) is 18.6. The summed E-state index contributed by atoms with van der Waals surface area (Å²) in [5.41, 5.74) is 2.96. The summed E-state index contributed by atoms with van der Waals surface area (Å²) in [5.74, 6) is 0.325. The number of aromatic nitrogens is 1. The number of nitrogens with zero attached hydrogens (tertiary/aromatic N) is 1. The average molecular weight is 450 g/mol. The number of nitrogens with one attached hydrogen (secondary N) is 2. The van der Waals surface area contributed by atoms with E-state index in [0.717, 1.165) is 34.0 Å². The molecule has 0 fully saturated rings. The van der Waals surface area contributed by atoms with Gasteiger partial charge in [0.25, 0.3) is 0 Å². The summed E-state index contributed by atoms with van der Waals surface area (Å²) in [6.07, 6.45) is 2.45. The van der Waals surface area contributed by atoms with Gasteiger partial charge in [-0.15, -0.1) is 0 Å². The number of benzene rings is 2. The van der Waals surface area contributed by atoms with E-state index in [9.17, 15) is 9.90 Å². The minimum atomic E-state index is -0.934. The van der Waals surface area contributed by atoms with Crippen molar-refractivity contribution in [2.45, 2.75) is 49.4 Å². The number of carbonyl (C=O) groups is 1. The number of anilines is 2. The van der Waals surface area contributed by atoms with Crippen LogP contribution in [0.3, 0.4) is 0 Å². The van der Waals surface area contributed by atoms with Gasteiger partial charge in [-0.2, -0.15) is 0 Å². The van der Waals surface area contributed by atoms with Gasteiger partial charge in [-0.05, 0) is 48.2 Å². The van der Waals surface area contributed by atoms with Crippen LogP contribution in [0.25, 0.3) is 0 Å². The summed E-state index contributed by atoms with van der Waals surface area (Å²) >= 11 is 1.56. The number of fused-ring (bicyclic) bond motifs is 1. The molecule has 1 aliphatic rings. The van der Waals surface area contributed by atoms with Crippen LogP contribution >= 0.6 is 11.8 Å². The maximum Gasteiger partial charge on any atom is 0.335 e. The molecule has 0 amide bonds. The fraction of sp³-hybridized carbons (Fsp3) is 0.280. The van der Waals surface area contributed by atoms with Gasteiger partial charge in [0.15, 0.2) is 4.99 Å². The molecule has 2 aromatic carbocycles. The van der Waals surface area contributed by atoms with E-state index >= 15 is 0 Å². The molecule has 166 valence electrons. The van der Waals surface area contributed by atoms with Crippen molar-refractivity contribution in [1.29, 1.82) is 0 Å². The largest absolute Gasteiger partial charge is 0.478 e. The third kappa shape index (κ3) is 4.39. The van der Waals surface area contributed by atoms with Gasteiger partial charge in [0, 0.05) is 16.7 Å². The van der Waals surface area contributed by atoms with Crippen LogP contribution in [0.4, 0.5) is 11.4 Å². The summed E-state index contributed by atoms with van der Waals surface area (Å²) in [6.45, 7) is 8.53. The van der Waals surface area contributed by atoms with E-state index in [1.54, 1.807) is 30.1 Å². The Morgan fingerprint density at radius 1 is 1.19 bits per heavy atom. The van der Waals surface area contributed by atoms with Crippen molar-refractivity contribution in [1.82, 2.24) is 4.98 Å². The van der Waals surface area contributed by atoms with Gasteiger partial charge in [0.2, 0.25) is 5.88 Å². The van der Waals surface area contributed by atoms with Crippen molar-refractivity contribution in [3.05, 3.63) is 71.9 Å². The number of pyridine rings is 1. The molecule has 0 radical (unpaired) electrons. The average Bonchev–Trinajstić information content (AvgIpc) is 3.12. The Kier molecular flexibility index (Phi) is 5.77. The van der Waals surface area contributed by atoms with Crippen LogP contribution in [0, 0.1) is 0 Å². The Labute approximate surface area is 192 Å². The Bertz CT molecular complexity index is 1160. The molecule has 0 aliphatic carbocycles. The molecule has 1 aromatic heterocycles. The maximum absolute atomic E-state index is 11.4. The molecule has 0 bridgehead atoms. The summed E-state index contributed by atoms with van der Waals surface area (Å²) in [7, 11) is 0. The summed E-state index contributed by atoms with van der Waals surface area (Å²) < 4.78 is 6.31. The van der Waals surface area contributed by atoms with Gasteiger partial charge in [-0.3, -0.25) is 0 Å². The predicted molar refractivity (Wildman–Crippen MR) is 129 cm³/mol. The first-order valence-corrected chi connectivity index (χ1v) is 11.4. The van der Waals surface area contributed by atoms with E-state index in [2.05, 4.69) is 49.4 Å². The first-order chi connectivity index (χ1) is 15.2. The van der Waals surface area contributed by atoms with Gasteiger partial charge < -0.3 is 20.5 Å². The molecule has 0 spiro atoms. The van der Waals surface area contributed by atoms with Crippen molar-refractivity contribution >= 4 is 29.1 Å². The molecular weight excluding hydrogens is 422 g/mol. The lowest BCUT2D eigenvalue weighted by atomic mass is 9.86. The van der Waals surface area contributed by atoms with Gasteiger partial charge in [0.05, 0.1) is 11.3 Å². The van der Waals surface area contributed by atoms with Crippen LogP contribution in [-0.2, 0) is 5.41 Å². The minimum absolute atomic E-state index is 0.0735. The van der Waals surface area contributed by atoms with Gasteiger partial charge >= 0.3 is 5.97 Å². The molecule has 4 rings (SSSR count). The van der Waals surface area contributed by atoms with E-state index < -0.39 is 11.0 Å². The quantitative estimate of drug-likeness (QED) is 0.393. The molecular formula is C25H27N3O3S. The number of ether oxygens (including phenoxy) is 1. The number of para-hydroxylation sites is 1. The van der Waals surface area contributed by atoms with Crippen molar-refractivity contribution < 1.29 is 14.6 Å². The van der Waals surface area contributed by atoms with E-state index in [-0.39, 0.29) is 11.0 Å². The lowest BCUT2D eigenvalue weighted by Crippen LogP contribution is -2.39. The Balaban J connectivity index is 1.63. The predicted octanol–water partition coefficient (Wildman–Crippen LogP) is 6.56. The molecule has 0 saturated heterocycles. The molecule has 3 N–H and O–H groups in total. The number of rotatable bonds is 6. The molecule has 3 aromatic rings. The number of aromatic carboxylic acids is 1. The molecule has 0 saturated carbocycles. The van der Waals surface area contributed by atoms with E-state index in [1.165, 1.54) is 0 Å². The fourth-order valence-corrected chi connectivity index (χ4v) is 4.90. The zero-order chi connectivity index (χ0) is 22.9. The van der Waals surface area contributed by atoms with E-state index in [0.29, 0.717) is 5.88 Å². The van der Waals surface area contributed by atoms with E-state index in [1.807, 2.05) is 36.4 Å². The highest BCUT2D eigenvalue weighted by molar-refractivity contribution is 8.01. The number of carboxylic acids is 1. The molecule has 32 heavy (non-hydrogen) atoms. The highest BCUT2D eigenvalue weighted by Gasteiger charge is 2.37. The first kappa shape index (κ1) is 22.0. The minimum Gasteiger partial charge on any atom is -0.478 e. The topological polar surface area (TPSA) is 83.5 Å². The third-order valence-corrected chi connectivity index (χ3v) is 6.76. The molecule has 1 unspecified atom stereocenters. The normalized spacial score (nSPS) is 17.4. The summed E-state index contributed by atoms with van der Waals surface area (Å²) in [5, 5.41) is 16.4. The first-order valence-electron chi connectivity index (χ1n) is 10.6. The van der Waals surface area contributed by atoms with E-state index in [4.69, 9.17) is 4.74 Å². The van der Waals surface area contributed by atoms with Crippen molar-refractivity contribution in [3.8, 4) is 11.6 Å². The smallest absolute Gasteiger partial charge is 0.335 e. The van der Waals surface area contributed by atoms with Crippen molar-refractivity contribution in [3.63, 3.8) is 0 Å². The highest BCUT2D eigenvalue weighted by Crippen LogP contribution is 2.48. The lowest BCUT2D eigenvalue weighted by Gasteiger charge is -2.31. The van der Waals surface area contributed by atoms with Crippen LogP contribution in [0.1, 0.15) is 50.0 Å². The SMILES string of the molecule is CCC1(Nc2cccnc2Oc2ccccc2C(C)(C)C)Nc2ccc(C(=O)O)cc2S1. The fourth-order valence-electron chi connectivity index (χ4n) is 3.64. The second kappa shape index (κ2) is 8.39. The van der Waals surface area contributed by atoms with Crippen molar-refractivity contribution in [2.24, 2.45) is 0 Å². The molecule has 2 heterocycles. The monoisotopic (exact) mass is 449 g/mol. The maximum atomic E-state index is 11.4. The van der Waals surface area contributed by atoms with Gasteiger partial charge in [-0.25, -0.2) is 9.78 Å². The van der Waals surface area contributed by atoms with Crippen LogP contribution in [0.5, 0.6) is 11.6 Å². The number of hydrogen-bond donors (Lipinski definition) is 3. The molecule has 7 heteroatoms. The molecule has 1 atom stereocenters. The van der Waals surface area contributed by atoms with Crippen molar-refractivity contribution in [2.75, 3.05) is 10.6 Å². The third-order valence-electron chi connectivity index (χ3n) is 5.36. The Morgan fingerprint density at radius 2 is 1.97 bits per heavy atom. The Hall–Kier alpha value is -3.19. The number of thioether (sulfide) groups is 1. The second-order valence-electron chi connectivity index (χ2n) is 8.75. The van der Waals surface area contributed by atoms with Crippen LogP contribution in [0.15, 0.2) is 65.7 Å². The second-order valence-corrected chi connectivity index (χ2v) is 10.1. The summed E-state index contributed by atoms with van der Waals surface area (Å²) in [4.78, 5) is 16.2. The molecule has 1 aliphatic heterocycles. The Morgan fingerprint density at radius 3 is 2.69 bits per heavy atom. The van der Waals surface area contributed by atoms with Gasteiger partial charge in [-0.1, -0.05) is 57.7 Å². The number of hydrogen-bond acceptors (Lipinski definition) is 6. The van der Waals surface area contributed by atoms with Gasteiger partial charge in [0.1, 0.15) is 11.4 Å². The van der Waals surface area contributed by atoms with Crippen LogP contribution in [0.2, 0.25) is 0 Å². The van der Waals surface area contributed by atoms with Crippen LogP contribution in [-0.4, -0.2) is 21.1 Å². The highest BCUT2D eigenvalue weighted by atomic mass is 32.2. The van der Waals surface area contributed by atoms with Crippen LogP contribution < -0.4 is 15.4 Å². The lowest BCUT2D eigenvalue weighted by molar-refractivity contribution is 0.0696. The zero-order valence-corrected chi connectivity index (χ0v) is 19.4. The molecule has 6 nitrogen and oxygen atoms in total.